The Bertz CT molecular complexity index is 1230. The lowest BCUT2D eigenvalue weighted by molar-refractivity contribution is -0.134. The van der Waals surface area contributed by atoms with Crippen LogP contribution in [0.15, 0.2) is 18.2 Å². The molecule has 5 atom stereocenters. The van der Waals surface area contributed by atoms with E-state index in [1.165, 1.54) is 0 Å². The van der Waals surface area contributed by atoms with E-state index < -0.39 is 12.0 Å². The number of carboxylic acid groups (broad SMARTS) is 1. The molecular weight excluding hydrogens is 458 g/mol. The van der Waals surface area contributed by atoms with Gasteiger partial charge < -0.3 is 15.3 Å². The minimum absolute atomic E-state index is 0.0439. The molecule has 0 bridgehead atoms. The Balaban J connectivity index is 1.32. The molecule has 2 aliphatic heterocycles. The van der Waals surface area contributed by atoms with E-state index in [1.54, 1.807) is 4.90 Å². The lowest BCUT2D eigenvalue weighted by atomic mass is 9.54. The van der Waals surface area contributed by atoms with Gasteiger partial charge in [0, 0.05) is 48.6 Å². The first-order valence-electron chi connectivity index (χ1n) is 13.0. The molecule has 3 amide bonds. The fourth-order valence-electron chi connectivity index (χ4n) is 7.32. The van der Waals surface area contributed by atoms with Crippen LogP contribution < -0.4 is 10.6 Å². The molecule has 1 aromatic heterocycles. The maximum absolute atomic E-state index is 12.4. The van der Waals surface area contributed by atoms with Crippen molar-refractivity contribution in [3.63, 3.8) is 0 Å². The van der Waals surface area contributed by atoms with Gasteiger partial charge in [-0.25, -0.2) is 4.79 Å². The molecule has 9 nitrogen and oxygen atoms in total. The maximum atomic E-state index is 12.4. The van der Waals surface area contributed by atoms with Gasteiger partial charge in [0.25, 0.3) is 0 Å². The van der Waals surface area contributed by atoms with Crippen LogP contribution in [0.25, 0.3) is 10.9 Å². The third-order valence-corrected chi connectivity index (χ3v) is 8.61. The predicted molar refractivity (Wildman–Crippen MR) is 137 cm³/mol. The number of benzene rings is 1. The summed E-state index contributed by atoms with van der Waals surface area (Å²) in [7, 11) is 1.88. The highest BCUT2D eigenvalue weighted by molar-refractivity contribution is 6.02. The van der Waals surface area contributed by atoms with Gasteiger partial charge in [0.05, 0.1) is 17.1 Å². The highest BCUT2D eigenvalue weighted by Crippen LogP contribution is 2.56. The van der Waals surface area contributed by atoms with Gasteiger partial charge in [-0.3, -0.25) is 19.6 Å². The van der Waals surface area contributed by atoms with Crippen LogP contribution in [0.4, 0.5) is 10.5 Å². The molecule has 3 N–H and O–H groups in total. The summed E-state index contributed by atoms with van der Waals surface area (Å²) >= 11 is 0. The van der Waals surface area contributed by atoms with E-state index in [-0.39, 0.29) is 28.7 Å². The number of aromatic nitrogens is 2. The van der Waals surface area contributed by atoms with E-state index in [1.807, 2.05) is 23.9 Å². The summed E-state index contributed by atoms with van der Waals surface area (Å²) in [6, 6.07) is 6.50. The van der Waals surface area contributed by atoms with Crippen molar-refractivity contribution in [3.8, 4) is 0 Å². The Kier molecular flexibility index (Phi) is 5.80. The van der Waals surface area contributed by atoms with E-state index in [0.717, 1.165) is 41.5 Å². The van der Waals surface area contributed by atoms with Crippen molar-refractivity contribution < 1.29 is 19.5 Å². The fourth-order valence-corrected chi connectivity index (χ4v) is 7.32. The smallest absolute Gasteiger partial charge is 0.407 e. The van der Waals surface area contributed by atoms with Crippen LogP contribution in [0.1, 0.15) is 71.4 Å². The number of likely N-dealkylation sites (tertiary alicyclic amines) is 1. The maximum Gasteiger partial charge on any atom is 0.407 e. The van der Waals surface area contributed by atoms with Crippen LogP contribution in [0.5, 0.6) is 0 Å². The van der Waals surface area contributed by atoms with E-state index in [2.05, 4.69) is 49.5 Å². The molecule has 5 rings (SSSR count). The third-order valence-electron chi connectivity index (χ3n) is 8.61. The molecule has 3 aliphatic rings. The molecule has 194 valence electrons. The Morgan fingerprint density at radius 1 is 1.25 bits per heavy atom. The van der Waals surface area contributed by atoms with Gasteiger partial charge >= 0.3 is 6.09 Å². The first kappa shape index (κ1) is 24.6. The highest BCUT2D eigenvalue weighted by Gasteiger charge is 2.60. The number of fused-ring (bicyclic) bond motifs is 1. The molecule has 2 saturated heterocycles. The molecule has 1 saturated carbocycles. The molecule has 0 radical (unpaired) electrons. The van der Waals surface area contributed by atoms with Crippen molar-refractivity contribution in [2.24, 2.45) is 23.8 Å². The molecule has 1 spiro atoms. The van der Waals surface area contributed by atoms with Crippen molar-refractivity contribution in [2.45, 2.75) is 77.8 Å². The monoisotopic (exact) mass is 495 g/mol. The van der Waals surface area contributed by atoms with Crippen LogP contribution >= 0.6 is 0 Å². The van der Waals surface area contributed by atoms with Crippen LogP contribution in [-0.2, 0) is 16.6 Å². The first-order chi connectivity index (χ1) is 16.9. The topological polar surface area (TPSA) is 117 Å². The Labute approximate surface area is 211 Å². The Morgan fingerprint density at radius 3 is 2.64 bits per heavy atom. The lowest BCUT2D eigenvalue weighted by Crippen LogP contribution is -2.72. The zero-order chi connectivity index (χ0) is 26.0. The van der Waals surface area contributed by atoms with Gasteiger partial charge in [-0.05, 0) is 55.2 Å². The molecular formula is C27H37N5O4. The van der Waals surface area contributed by atoms with E-state index in [4.69, 9.17) is 0 Å². The van der Waals surface area contributed by atoms with Crippen LogP contribution in [0, 0.1) is 16.7 Å². The first-order valence-corrected chi connectivity index (χ1v) is 13.0. The Morgan fingerprint density at radius 2 is 2.00 bits per heavy atom. The lowest BCUT2D eigenvalue weighted by Gasteiger charge is -2.64. The predicted octanol–water partition coefficient (Wildman–Crippen LogP) is 4.09. The average molecular weight is 496 g/mol. The van der Waals surface area contributed by atoms with Crippen molar-refractivity contribution in [2.75, 3.05) is 11.9 Å². The average Bonchev–Trinajstić information content (AvgIpc) is 3.08. The minimum Gasteiger partial charge on any atom is -0.465 e. The number of amides is 3. The van der Waals surface area contributed by atoms with Crippen LogP contribution in [0.2, 0.25) is 0 Å². The summed E-state index contributed by atoms with van der Waals surface area (Å²) in [4.78, 5) is 37.4. The zero-order valence-electron chi connectivity index (χ0n) is 21.8. The number of hydrogen-bond donors (Lipinski definition) is 3. The highest BCUT2D eigenvalue weighted by atomic mass is 16.4. The molecule has 3 fully saturated rings. The summed E-state index contributed by atoms with van der Waals surface area (Å²) in [5.74, 6) is -0.508. The van der Waals surface area contributed by atoms with Gasteiger partial charge in [0.1, 0.15) is 0 Å². The minimum atomic E-state index is -0.811. The van der Waals surface area contributed by atoms with Crippen LogP contribution in [-0.4, -0.2) is 56.3 Å². The number of nitrogens with one attached hydrogen (secondary N) is 2. The SMILES string of the molecule is C[C@H]1CC2(CC[C@@H]1Nc1ccc3c(C4CCC(=O)NC4=O)nn(C)c3c1)CN(C(=O)O)C2C(C)(C)C. The number of anilines is 1. The number of imide groups is 1. The molecule has 36 heavy (non-hydrogen) atoms. The summed E-state index contributed by atoms with van der Waals surface area (Å²) in [5, 5.41) is 21.4. The van der Waals surface area contributed by atoms with E-state index in [0.29, 0.717) is 31.3 Å². The van der Waals surface area contributed by atoms with Gasteiger partial charge in [-0.15, -0.1) is 0 Å². The van der Waals surface area contributed by atoms with Crippen LogP contribution in [0.3, 0.4) is 0 Å². The molecule has 1 aromatic carbocycles. The summed E-state index contributed by atoms with van der Waals surface area (Å²) in [6.45, 7) is 9.35. The number of aryl methyl sites for hydroxylation is 1. The number of nitrogens with zero attached hydrogens (tertiary/aromatic N) is 3. The van der Waals surface area contributed by atoms with Crippen molar-refractivity contribution >= 4 is 34.5 Å². The third kappa shape index (κ3) is 4.02. The second-order valence-electron chi connectivity index (χ2n) is 12.3. The second kappa shape index (κ2) is 8.49. The molecule has 9 heteroatoms. The zero-order valence-corrected chi connectivity index (χ0v) is 21.8. The largest absolute Gasteiger partial charge is 0.465 e. The van der Waals surface area contributed by atoms with Gasteiger partial charge in [0.15, 0.2) is 0 Å². The van der Waals surface area contributed by atoms with E-state index >= 15 is 0 Å². The molecule has 2 aromatic rings. The number of rotatable bonds is 3. The van der Waals surface area contributed by atoms with E-state index in [9.17, 15) is 19.5 Å². The fraction of sp³-hybridized carbons (Fsp3) is 0.630. The second-order valence-corrected chi connectivity index (χ2v) is 12.3. The number of carbonyl (C=O) groups is 3. The molecule has 3 heterocycles. The van der Waals surface area contributed by atoms with Crippen molar-refractivity contribution in [1.82, 2.24) is 20.0 Å². The summed E-state index contributed by atoms with van der Waals surface area (Å²) < 4.78 is 1.81. The number of piperidine rings is 1. The summed E-state index contributed by atoms with van der Waals surface area (Å²) in [5.41, 5.74) is 2.64. The number of carbonyl (C=O) groups excluding carboxylic acids is 2. The Hall–Kier alpha value is -3.10. The van der Waals surface area contributed by atoms with Gasteiger partial charge in [-0.2, -0.15) is 5.10 Å². The molecule has 1 aliphatic carbocycles. The van der Waals surface area contributed by atoms with Gasteiger partial charge in [-0.1, -0.05) is 27.7 Å². The molecule has 3 unspecified atom stereocenters. The standard InChI is InChI=1S/C27H37N5O4/c1-15-13-27(14-32(25(35)36)24(27)26(2,3)4)11-10-19(15)28-16-6-7-17-20(12-16)31(5)30-22(17)18-8-9-21(33)29-23(18)34/h6-7,12,15,18-19,24,28H,8-11,13-14H2,1-5H3,(H,35,36)(H,29,33,34)/t15-,18?,19-,24?,27?/m0/s1. The summed E-state index contributed by atoms with van der Waals surface area (Å²) in [6.07, 6.45) is 3.00. The van der Waals surface area contributed by atoms with Crippen molar-refractivity contribution in [1.29, 1.82) is 0 Å². The quantitative estimate of drug-likeness (QED) is 0.553. The van der Waals surface area contributed by atoms with Crippen molar-refractivity contribution in [3.05, 3.63) is 23.9 Å². The normalized spacial score (nSPS) is 30.9. The van der Waals surface area contributed by atoms with Gasteiger partial charge in [0.2, 0.25) is 11.8 Å². The number of hydrogen-bond acceptors (Lipinski definition) is 5.